The van der Waals surface area contributed by atoms with Crippen LogP contribution < -0.4 is 5.11 Å². The van der Waals surface area contributed by atoms with Crippen LogP contribution in [0, 0.1) is 0 Å². The summed E-state index contributed by atoms with van der Waals surface area (Å²) in [5.74, 6) is -3.83. The summed E-state index contributed by atoms with van der Waals surface area (Å²) in [4.78, 5) is 35.2. The van der Waals surface area contributed by atoms with Crippen LogP contribution in [0.4, 0.5) is 0 Å². The van der Waals surface area contributed by atoms with Gasteiger partial charge in [-0.2, -0.15) is 0 Å². The second-order valence-electron chi connectivity index (χ2n) is 10.4. The number of allylic oxidation sites excluding steroid dienone is 2. The van der Waals surface area contributed by atoms with Crippen LogP contribution in [0.15, 0.2) is 12.2 Å². The average Bonchev–Trinajstić information content (AvgIpc) is 2.84. The lowest BCUT2D eigenvalue weighted by Crippen LogP contribution is -2.72. The molecule has 0 heterocycles. The molecule has 3 atom stereocenters. The standard InChI is InChI=1S/C29H53NO6/c1-5-6-7-8-9-10-11-12-13-14-15-16-17-18-19-20-21-22-23-30(24(2)27(31)32,25(3)28(33)34)26(4)29(35)36/h13-14,24-26H,5-12,15-23H2,1-4H3,(H2-,31,32,33,34,35,36)/b14-13+. The molecular weight excluding hydrogens is 458 g/mol. The molecule has 0 rings (SSSR count). The molecule has 7 nitrogen and oxygen atoms in total. The molecule has 0 aliphatic rings. The third kappa shape index (κ3) is 12.9. The minimum Gasteiger partial charge on any atom is -0.544 e. The van der Waals surface area contributed by atoms with Crippen LogP contribution >= 0.6 is 0 Å². The van der Waals surface area contributed by atoms with Gasteiger partial charge >= 0.3 is 11.9 Å². The molecule has 0 radical (unpaired) electrons. The zero-order valence-corrected chi connectivity index (χ0v) is 23.4. The number of carboxylic acids is 3. The Bertz CT molecular complexity index is 597. The summed E-state index contributed by atoms with van der Waals surface area (Å²) < 4.78 is -0.543. The molecule has 210 valence electrons. The summed E-state index contributed by atoms with van der Waals surface area (Å²) in [5.41, 5.74) is 0. The molecule has 36 heavy (non-hydrogen) atoms. The lowest BCUT2D eigenvalue weighted by Gasteiger charge is -2.49. The lowest BCUT2D eigenvalue weighted by molar-refractivity contribution is -0.969. The molecular formula is C29H53NO6. The molecule has 0 aliphatic heterocycles. The van der Waals surface area contributed by atoms with Crippen LogP contribution in [0.5, 0.6) is 0 Å². The van der Waals surface area contributed by atoms with Crippen LogP contribution in [-0.4, -0.2) is 57.3 Å². The summed E-state index contributed by atoms with van der Waals surface area (Å²) in [6.07, 6.45) is 23.3. The van der Waals surface area contributed by atoms with E-state index in [4.69, 9.17) is 0 Å². The van der Waals surface area contributed by atoms with Gasteiger partial charge in [0.1, 0.15) is 6.04 Å². The number of quaternary nitrogens is 1. The predicted molar refractivity (Wildman–Crippen MR) is 142 cm³/mol. The van der Waals surface area contributed by atoms with Crippen molar-refractivity contribution in [3.05, 3.63) is 12.2 Å². The summed E-state index contributed by atoms with van der Waals surface area (Å²) >= 11 is 0. The van der Waals surface area contributed by atoms with E-state index in [1.807, 2.05) is 0 Å². The van der Waals surface area contributed by atoms with Crippen molar-refractivity contribution in [3.8, 4) is 0 Å². The Kier molecular flexibility index (Phi) is 19.1. The average molecular weight is 512 g/mol. The highest BCUT2D eigenvalue weighted by atomic mass is 16.4. The van der Waals surface area contributed by atoms with Crippen molar-refractivity contribution in [1.29, 1.82) is 0 Å². The number of hydrogen-bond donors (Lipinski definition) is 2. The van der Waals surface area contributed by atoms with Crippen LogP contribution in [0.2, 0.25) is 0 Å². The van der Waals surface area contributed by atoms with Gasteiger partial charge in [0.15, 0.2) is 12.1 Å². The largest absolute Gasteiger partial charge is 0.544 e. The molecule has 7 heteroatoms. The molecule has 0 aromatic carbocycles. The number of carbonyl (C=O) groups is 3. The number of carbonyl (C=O) groups excluding carboxylic acids is 1. The third-order valence-electron chi connectivity index (χ3n) is 7.78. The van der Waals surface area contributed by atoms with Crippen molar-refractivity contribution >= 4 is 17.9 Å². The summed E-state index contributed by atoms with van der Waals surface area (Å²) in [5, 5.41) is 30.9. The minimum absolute atomic E-state index is 0.180. The molecule has 0 saturated heterocycles. The van der Waals surface area contributed by atoms with E-state index in [2.05, 4.69) is 19.1 Å². The van der Waals surface area contributed by atoms with Gasteiger partial charge in [-0.25, -0.2) is 9.59 Å². The monoisotopic (exact) mass is 511 g/mol. The van der Waals surface area contributed by atoms with Gasteiger partial charge in [-0.15, -0.1) is 0 Å². The smallest absolute Gasteiger partial charge is 0.362 e. The van der Waals surface area contributed by atoms with Gasteiger partial charge in [0.25, 0.3) is 0 Å². The van der Waals surface area contributed by atoms with Gasteiger partial charge < -0.3 is 20.1 Å². The Morgan fingerprint density at radius 2 is 1.00 bits per heavy atom. The highest BCUT2D eigenvalue weighted by Crippen LogP contribution is 2.27. The minimum atomic E-state index is -1.42. The number of rotatable bonds is 24. The fourth-order valence-electron chi connectivity index (χ4n) is 5.18. The van der Waals surface area contributed by atoms with E-state index < -0.39 is 40.5 Å². The van der Waals surface area contributed by atoms with Crippen LogP contribution in [0.3, 0.4) is 0 Å². The second-order valence-corrected chi connectivity index (χ2v) is 10.4. The van der Waals surface area contributed by atoms with E-state index in [1.165, 1.54) is 85.0 Å². The van der Waals surface area contributed by atoms with E-state index in [-0.39, 0.29) is 6.54 Å². The summed E-state index contributed by atoms with van der Waals surface area (Å²) in [6.45, 7) is 6.57. The zero-order chi connectivity index (χ0) is 27.4. The fourth-order valence-corrected chi connectivity index (χ4v) is 5.18. The Balaban J connectivity index is 4.23. The molecule has 0 spiro atoms. The normalized spacial score (nSPS) is 15.9. The Labute approximate surface area is 219 Å². The molecule has 3 unspecified atom stereocenters. The van der Waals surface area contributed by atoms with Crippen LogP contribution in [0.25, 0.3) is 0 Å². The molecule has 2 N–H and O–H groups in total. The van der Waals surface area contributed by atoms with E-state index in [9.17, 15) is 29.7 Å². The molecule has 0 fully saturated rings. The topological polar surface area (TPSA) is 115 Å². The van der Waals surface area contributed by atoms with Crippen LogP contribution in [-0.2, 0) is 14.4 Å². The van der Waals surface area contributed by atoms with E-state index in [0.717, 1.165) is 32.1 Å². The van der Waals surface area contributed by atoms with Crippen molar-refractivity contribution in [2.24, 2.45) is 0 Å². The van der Waals surface area contributed by atoms with Crippen LogP contribution in [0.1, 0.15) is 130 Å². The maximum absolute atomic E-state index is 11.8. The fraction of sp³-hybridized carbons (Fsp3) is 0.828. The molecule has 0 amide bonds. The van der Waals surface area contributed by atoms with Gasteiger partial charge in [0, 0.05) is 0 Å². The van der Waals surface area contributed by atoms with Crippen molar-refractivity contribution < 1.29 is 34.2 Å². The highest BCUT2D eigenvalue weighted by Gasteiger charge is 2.50. The van der Waals surface area contributed by atoms with E-state index >= 15 is 0 Å². The summed E-state index contributed by atoms with van der Waals surface area (Å²) in [7, 11) is 0. The lowest BCUT2D eigenvalue weighted by atomic mass is 10.00. The zero-order valence-electron chi connectivity index (χ0n) is 23.4. The van der Waals surface area contributed by atoms with Gasteiger partial charge in [0.05, 0.1) is 12.5 Å². The second kappa shape index (κ2) is 20.2. The van der Waals surface area contributed by atoms with Crippen molar-refractivity contribution in [3.63, 3.8) is 0 Å². The summed E-state index contributed by atoms with van der Waals surface area (Å²) in [6, 6.07) is -3.56. The SMILES string of the molecule is CCCCCCCCC/C=C/CCCCCCCCC[N+](C(C)C(=O)[O-])(C(C)C(=O)O)C(C)C(=O)O. The van der Waals surface area contributed by atoms with Gasteiger partial charge in [-0.3, -0.25) is 4.48 Å². The molecule has 0 aromatic rings. The molecule has 0 bridgehead atoms. The van der Waals surface area contributed by atoms with E-state index in [1.54, 1.807) is 0 Å². The quantitative estimate of drug-likeness (QED) is 0.0975. The highest BCUT2D eigenvalue weighted by molar-refractivity contribution is 5.76. The first-order valence-corrected chi connectivity index (χ1v) is 14.3. The number of nitrogens with zero attached hydrogens (tertiary/aromatic N) is 1. The first-order valence-electron chi connectivity index (χ1n) is 14.3. The number of unbranched alkanes of at least 4 members (excludes halogenated alkanes) is 14. The predicted octanol–water partition coefficient (Wildman–Crippen LogP) is 5.71. The van der Waals surface area contributed by atoms with Crippen molar-refractivity contribution in [1.82, 2.24) is 0 Å². The third-order valence-corrected chi connectivity index (χ3v) is 7.78. The Hall–Kier alpha value is -1.89. The maximum atomic E-state index is 11.8. The van der Waals surface area contributed by atoms with Gasteiger partial charge in [0.2, 0.25) is 0 Å². The number of hydrogen-bond acceptors (Lipinski definition) is 4. The number of aliphatic carboxylic acids is 3. The van der Waals surface area contributed by atoms with Gasteiger partial charge in [-0.1, -0.05) is 83.3 Å². The first kappa shape index (κ1) is 34.1. The van der Waals surface area contributed by atoms with Gasteiger partial charge in [-0.05, 0) is 59.3 Å². The van der Waals surface area contributed by atoms with Crippen molar-refractivity contribution in [2.45, 2.75) is 149 Å². The molecule has 0 aliphatic carbocycles. The molecule has 0 saturated carbocycles. The van der Waals surface area contributed by atoms with E-state index in [0.29, 0.717) is 6.42 Å². The first-order chi connectivity index (χ1) is 17.1. The number of carboxylic acid groups (broad SMARTS) is 3. The Morgan fingerprint density at radius 1 is 0.639 bits per heavy atom. The molecule has 0 aromatic heterocycles. The van der Waals surface area contributed by atoms with Crippen molar-refractivity contribution in [2.75, 3.05) is 6.54 Å². The maximum Gasteiger partial charge on any atom is 0.362 e. The Morgan fingerprint density at radius 3 is 1.36 bits per heavy atom.